The van der Waals surface area contributed by atoms with E-state index in [4.69, 9.17) is 4.74 Å². The maximum absolute atomic E-state index is 12.2. The lowest BCUT2D eigenvalue weighted by atomic mass is 10.2. The number of ether oxygens (including phenoxy) is 1. The number of esters is 1. The zero-order valence-electron chi connectivity index (χ0n) is 15.3. The van der Waals surface area contributed by atoms with Gasteiger partial charge in [-0.25, -0.2) is 4.79 Å². The Morgan fingerprint density at radius 1 is 1.14 bits per heavy atom. The van der Waals surface area contributed by atoms with Crippen molar-refractivity contribution >= 4 is 51.5 Å². The van der Waals surface area contributed by atoms with E-state index in [0.717, 1.165) is 11.3 Å². The third-order valence-corrected chi connectivity index (χ3v) is 5.58. The first kappa shape index (κ1) is 19.8. The van der Waals surface area contributed by atoms with Crippen molar-refractivity contribution in [2.75, 3.05) is 23.5 Å². The molecule has 28 heavy (non-hydrogen) atoms. The molecule has 0 bridgehead atoms. The van der Waals surface area contributed by atoms with E-state index in [0.29, 0.717) is 20.7 Å². The highest BCUT2D eigenvalue weighted by molar-refractivity contribution is 8.01. The van der Waals surface area contributed by atoms with Gasteiger partial charge in [-0.2, -0.15) is 0 Å². The van der Waals surface area contributed by atoms with Crippen LogP contribution in [0.3, 0.4) is 0 Å². The second-order valence-corrected chi connectivity index (χ2v) is 7.94. The fraction of sp³-hybridized carbons (Fsp3) is 0.158. The summed E-state index contributed by atoms with van der Waals surface area (Å²) in [6.45, 7) is 2.02. The highest BCUT2D eigenvalue weighted by atomic mass is 32.2. The van der Waals surface area contributed by atoms with Crippen LogP contribution < -0.4 is 10.6 Å². The lowest BCUT2D eigenvalue weighted by Crippen LogP contribution is -2.17. The van der Waals surface area contributed by atoms with Gasteiger partial charge in [0.2, 0.25) is 11.0 Å². The molecule has 0 aliphatic heterocycles. The highest BCUT2D eigenvalue weighted by Crippen LogP contribution is 2.28. The number of hydrogen-bond acceptors (Lipinski definition) is 8. The predicted molar refractivity (Wildman–Crippen MR) is 112 cm³/mol. The molecular weight excluding hydrogens is 396 g/mol. The largest absolute Gasteiger partial charge is 0.465 e. The van der Waals surface area contributed by atoms with Crippen molar-refractivity contribution in [1.29, 1.82) is 0 Å². The third kappa shape index (κ3) is 5.30. The molecule has 0 unspecified atom stereocenters. The van der Waals surface area contributed by atoms with Gasteiger partial charge in [0.05, 0.1) is 24.1 Å². The minimum absolute atomic E-state index is 0.147. The average Bonchev–Trinajstić information content (AvgIpc) is 3.13. The number of hydrogen-bond donors (Lipinski definition) is 2. The number of carbonyl (C=O) groups excluding carboxylic acids is 2. The van der Waals surface area contributed by atoms with E-state index in [-0.39, 0.29) is 11.7 Å². The number of nitrogens with one attached hydrogen (secondary N) is 2. The van der Waals surface area contributed by atoms with Crippen LogP contribution in [0.2, 0.25) is 0 Å². The number of nitrogens with zero attached hydrogens (tertiary/aromatic N) is 2. The van der Waals surface area contributed by atoms with E-state index in [1.54, 1.807) is 24.3 Å². The molecule has 0 saturated carbocycles. The van der Waals surface area contributed by atoms with Crippen LogP contribution in [0.1, 0.15) is 15.9 Å². The molecule has 0 radical (unpaired) electrons. The third-order valence-electron chi connectivity index (χ3n) is 3.61. The number of aromatic nitrogens is 2. The molecule has 1 aromatic heterocycles. The monoisotopic (exact) mass is 414 g/mol. The molecule has 2 aromatic carbocycles. The van der Waals surface area contributed by atoms with E-state index in [1.165, 1.54) is 30.2 Å². The summed E-state index contributed by atoms with van der Waals surface area (Å²) < 4.78 is 5.40. The van der Waals surface area contributed by atoms with Crippen LogP contribution in [0.15, 0.2) is 52.9 Å². The fourth-order valence-corrected chi connectivity index (χ4v) is 3.93. The van der Waals surface area contributed by atoms with E-state index in [9.17, 15) is 9.59 Å². The summed E-state index contributed by atoms with van der Waals surface area (Å²) in [6, 6.07) is 14.7. The molecule has 0 spiro atoms. The number of amides is 1. The Morgan fingerprint density at radius 3 is 2.75 bits per heavy atom. The summed E-state index contributed by atoms with van der Waals surface area (Å²) in [5.41, 5.74) is 2.81. The highest BCUT2D eigenvalue weighted by Gasteiger charge is 2.14. The molecule has 144 valence electrons. The molecule has 3 aromatic rings. The Kier molecular flexibility index (Phi) is 6.62. The van der Waals surface area contributed by atoms with E-state index in [2.05, 4.69) is 20.8 Å². The number of carbonyl (C=O) groups is 2. The minimum Gasteiger partial charge on any atom is -0.465 e. The first-order chi connectivity index (χ1) is 13.5. The number of para-hydroxylation sites is 1. The molecule has 9 heteroatoms. The summed E-state index contributed by atoms with van der Waals surface area (Å²) >= 11 is 2.65. The molecule has 0 aliphatic rings. The van der Waals surface area contributed by atoms with Crippen LogP contribution in [-0.4, -0.2) is 34.9 Å². The average molecular weight is 415 g/mol. The first-order valence-electron chi connectivity index (χ1n) is 8.32. The molecule has 0 atom stereocenters. The summed E-state index contributed by atoms with van der Waals surface area (Å²) in [5.74, 6) is -0.599. The maximum Gasteiger partial charge on any atom is 0.339 e. The van der Waals surface area contributed by atoms with Gasteiger partial charge in [-0.3, -0.25) is 4.79 Å². The lowest BCUT2D eigenvalue weighted by molar-refractivity contribution is -0.113. The van der Waals surface area contributed by atoms with E-state index < -0.39 is 5.97 Å². The smallest absolute Gasteiger partial charge is 0.339 e. The second kappa shape index (κ2) is 9.34. The molecular formula is C19H18N4O3S2. The zero-order chi connectivity index (χ0) is 19.9. The van der Waals surface area contributed by atoms with Gasteiger partial charge in [-0.1, -0.05) is 47.4 Å². The molecule has 1 heterocycles. The van der Waals surface area contributed by atoms with Crippen LogP contribution >= 0.6 is 23.1 Å². The van der Waals surface area contributed by atoms with Crippen molar-refractivity contribution in [2.24, 2.45) is 0 Å². The Hall–Kier alpha value is -2.91. The molecule has 0 fully saturated rings. The Bertz CT molecular complexity index is 991. The second-order valence-electron chi connectivity index (χ2n) is 5.74. The fourth-order valence-electron chi connectivity index (χ4n) is 2.36. The van der Waals surface area contributed by atoms with Crippen LogP contribution in [0, 0.1) is 6.92 Å². The topological polar surface area (TPSA) is 93.2 Å². The summed E-state index contributed by atoms with van der Waals surface area (Å²) in [6.07, 6.45) is 0. The van der Waals surface area contributed by atoms with Crippen LogP contribution in [-0.2, 0) is 9.53 Å². The Morgan fingerprint density at radius 2 is 1.96 bits per heavy atom. The molecule has 3 rings (SSSR count). The molecule has 0 aliphatic carbocycles. The SMILES string of the molecule is COC(=O)c1ccccc1NC(=O)CSc1nnc(Nc2cccc(C)c2)s1. The number of rotatable bonds is 7. The van der Waals surface area contributed by atoms with Gasteiger partial charge in [0.1, 0.15) is 0 Å². The number of anilines is 3. The molecule has 0 saturated heterocycles. The van der Waals surface area contributed by atoms with Crippen molar-refractivity contribution in [3.63, 3.8) is 0 Å². The van der Waals surface area contributed by atoms with Crippen molar-refractivity contribution in [2.45, 2.75) is 11.3 Å². The van der Waals surface area contributed by atoms with Gasteiger partial charge in [-0.05, 0) is 36.8 Å². The predicted octanol–water partition coefficient (Wildman–Crippen LogP) is 4.11. The van der Waals surface area contributed by atoms with Gasteiger partial charge in [0.25, 0.3) is 0 Å². The number of aryl methyl sites for hydroxylation is 1. The van der Waals surface area contributed by atoms with Gasteiger partial charge >= 0.3 is 5.97 Å². The molecule has 7 nitrogen and oxygen atoms in total. The van der Waals surface area contributed by atoms with Crippen LogP contribution in [0.25, 0.3) is 0 Å². The number of methoxy groups -OCH3 is 1. The van der Waals surface area contributed by atoms with Crippen molar-refractivity contribution < 1.29 is 14.3 Å². The van der Waals surface area contributed by atoms with Gasteiger partial charge in [0.15, 0.2) is 4.34 Å². The summed E-state index contributed by atoms with van der Waals surface area (Å²) in [5, 5.41) is 14.8. The van der Waals surface area contributed by atoms with E-state index in [1.807, 2.05) is 31.2 Å². The number of benzene rings is 2. The van der Waals surface area contributed by atoms with Crippen molar-refractivity contribution in [3.05, 3.63) is 59.7 Å². The number of thioether (sulfide) groups is 1. The zero-order valence-corrected chi connectivity index (χ0v) is 16.9. The maximum atomic E-state index is 12.2. The molecule has 1 amide bonds. The minimum atomic E-state index is -0.500. The van der Waals surface area contributed by atoms with Gasteiger partial charge < -0.3 is 15.4 Å². The van der Waals surface area contributed by atoms with Gasteiger partial charge in [0, 0.05) is 5.69 Å². The van der Waals surface area contributed by atoms with Crippen LogP contribution in [0.4, 0.5) is 16.5 Å². The lowest BCUT2D eigenvalue weighted by Gasteiger charge is -2.08. The van der Waals surface area contributed by atoms with Crippen LogP contribution in [0.5, 0.6) is 0 Å². The Labute approximate surface area is 170 Å². The first-order valence-corrected chi connectivity index (χ1v) is 10.1. The quantitative estimate of drug-likeness (QED) is 0.444. The van der Waals surface area contributed by atoms with E-state index >= 15 is 0 Å². The molecule has 2 N–H and O–H groups in total. The summed E-state index contributed by atoms with van der Waals surface area (Å²) in [4.78, 5) is 24.0. The summed E-state index contributed by atoms with van der Waals surface area (Å²) in [7, 11) is 1.30. The van der Waals surface area contributed by atoms with Gasteiger partial charge in [-0.15, -0.1) is 10.2 Å². The Balaban J connectivity index is 1.56. The standard InChI is InChI=1S/C19H18N4O3S2/c1-12-6-5-7-13(10-12)20-18-22-23-19(28-18)27-11-16(24)21-15-9-4-3-8-14(15)17(25)26-2/h3-10H,11H2,1-2H3,(H,20,22)(H,21,24). The normalized spacial score (nSPS) is 10.4. The van der Waals surface area contributed by atoms with Crippen molar-refractivity contribution in [1.82, 2.24) is 10.2 Å². The van der Waals surface area contributed by atoms with Crippen molar-refractivity contribution in [3.8, 4) is 0 Å².